The first kappa shape index (κ1) is 74.6. The van der Waals surface area contributed by atoms with Crippen molar-refractivity contribution in [2.45, 2.75) is 30.4 Å². The van der Waals surface area contributed by atoms with Crippen LogP contribution in [0.15, 0.2) is 456 Å². The van der Waals surface area contributed by atoms with Gasteiger partial charge in [0.1, 0.15) is 0 Å². The summed E-state index contributed by atoms with van der Waals surface area (Å²) in [5.41, 5.74) is 31.1. The molecule has 0 unspecified atom stereocenters. The first-order valence-electron chi connectivity index (χ1n) is 43.3. The summed E-state index contributed by atoms with van der Waals surface area (Å²) >= 11 is 3.76. The molecule has 0 N–H and O–H groups in total. The van der Waals surface area contributed by atoms with Crippen molar-refractivity contribution >= 4 is 66.9 Å². The molecule has 6 heterocycles. The predicted molar refractivity (Wildman–Crippen MR) is 522 cm³/mol. The van der Waals surface area contributed by atoms with Crippen LogP contribution >= 0.6 is 23.5 Å². The summed E-state index contributed by atoms with van der Waals surface area (Å²) in [6, 6.07) is 156. The number of hydrogen-bond acceptors (Lipinski definition) is 10. The average molecular weight is 1670 g/mol. The molecule has 18 aromatic carbocycles. The minimum absolute atomic E-state index is 0.446. The van der Waals surface area contributed by atoms with Gasteiger partial charge in [0.25, 0.3) is 0 Å². The molecule has 0 amide bonds. The maximum Gasteiger partial charge on any atom is 0.164 e. The summed E-state index contributed by atoms with van der Waals surface area (Å²) < 4.78 is 0. The Labute approximate surface area is 748 Å². The lowest BCUT2D eigenvalue weighted by Gasteiger charge is -2.39. The summed E-state index contributed by atoms with van der Waals surface area (Å²) in [5, 5.41) is 7.11. The zero-order chi connectivity index (χ0) is 84.4. The number of rotatable bonds is 10. The molecule has 4 aromatic heterocycles. The van der Waals surface area contributed by atoms with Gasteiger partial charge in [-0.3, -0.25) is 0 Å². The van der Waals surface area contributed by atoms with E-state index in [0.29, 0.717) is 34.9 Å². The standard InChI is InChI=1S/2C59H36N4S/c1-3-16-39(17-4-1)56-61-57(40-18-5-2-6-19-40)63-58(62-56)42-21-15-20-41(36-42)37-30-32-38(33-31-37)55-45-34-35-49-54(53(45)44-23-8-12-27-50(44)60-55)43-22-7-9-24-46(43)59(49)47-25-10-13-28-51(47)64-52-29-14-11-26-48(52)59;1-3-15-40(16-4-1)56-61-57(41-17-5-2-6-18-41)63-58(62-56)42-33-29-38(30-34-42)37-27-31-39(32-28-37)55-45-35-36-49-54(53(45)44-20-8-12-24-50(44)60-55)43-19-7-9-21-46(43)59(49)47-22-10-13-25-51(47)64-52-26-14-11-23-48(52)59/h2*1-36H. The molecule has 0 radical (unpaired) electrons. The van der Waals surface area contributed by atoms with Crippen molar-refractivity contribution in [1.82, 2.24) is 39.9 Å². The molecule has 596 valence electrons. The maximum atomic E-state index is 5.43. The van der Waals surface area contributed by atoms with Crippen LogP contribution in [0.3, 0.4) is 0 Å². The van der Waals surface area contributed by atoms with Crippen LogP contribution in [0.2, 0.25) is 0 Å². The first-order chi connectivity index (χ1) is 63.4. The lowest BCUT2D eigenvalue weighted by molar-refractivity contribution is 0.723. The molecule has 4 aliphatic rings. The van der Waals surface area contributed by atoms with E-state index in [0.717, 1.165) is 105 Å². The molecule has 128 heavy (non-hydrogen) atoms. The zero-order valence-electron chi connectivity index (χ0n) is 69.0. The average Bonchev–Trinajstić information content (AvgIpc) is 1.51. The lowest BCUT2D eigenvalue weighted by atomic mass is 9.67. The highest BCUT2D eigenvalue weighted by Crippen LogP contribution is 2.66. The third kappa shape index (κ3) is 12.0. The quantitative estimate of drug-likeness (QED) is 0.123. The fraction of sp³-hybridized carbons (Fsp3) is 0.0169. The van der Waals surface area contributed by atoms with Crippen LogP contribution in [0.1, 0.15) is 44.5 Å². The number of hydrogen-bond donors (Lipinski definition) is 0. The Bertz CT molecular complexity index is 8030. The molecular weight excluding hydrogens is 1590 g/mol. The highest BCUT2D eigenvalue weighted by Gasteiger charge is 2.53. The van der Waals surface area contributed by atoms with Crippen LogP contribution in [-0.2, 0) is 10.8 Å². The summed E-state index contributed by atoms with van der Waals surface area (Å²) in [5.74, 6) is 3.86. The van der Waals surface area contributed by atoms with E-state index in [1.54, 1.807) is 0 Å². The smallest absolute Gasteiger partial charge is 0.164 e. The number of pyridine rings is 2. The van der Waals surface area contributed by atoms with E-state index in [9.17, 15) is 0 Å². The number of fused-ring (bicyclic) bond motifs is 26. The fourth-order valence-electron chi connectivity index (χ4n) is 20.4. The third-order valence-electron chi connectivity index (χ3n) is 26.0. The molecule has 0 saturated carbocycles. The number of nitrogens with zero attached hydrogens (tertiary/aromatic N) is 8. The Morgan fingerprint density at radius 3 is 0.797 bits per heavy atom. The Kier molecular flexibility index (Phi) is 17.8. The van der Waals surface area contributed by atoms with E-state index >= 15 is 0 Å². The van der Waals surface area contributed by atoms with Crippen molar-refractivity contribution in [3.8, 4) is 135 Å². The van der Waals surface area contributed by atoms with E-state index < -0.39 is 10.8 Å². The van der Waals surface area contributed by atoms with Gasteiger partial charge in [-0.2, -0.15) is 0 Å². The number of para-hydroxylation sites is 2. The van der Waals surface area contributed by atoms with Gasteiger partial charge in [0.2, 0.25) is 0 Å². The Balaban J connectivity index is 0.000000139. The number of benzene rings is 18. The monoisotopic (exact) mass is 1660 g/mol. The molecule has 0 fully saturated rings. The zero-order valence-corrected chi connectivity index (χ0v) is 70.6. The van der Waals surface area contributed by atoms with Gasteiger partial charge in [-0.25, -0.2) is 39.9 Å². The minimum atomic E-state index is -0.452. The van der Waals surface area contributed by atoms with Gasteiger partial charge >= 0.3 is 0 Å². The highest BCUT2D eigenvalue weighted by atomic mass is 32.2. The van der Waals surface area contributed by atoms with E-state index in [1.807, 2.05) is 145 Å². The van der Waals surface area contributed by atoms with Crippen molar-refractivity contribution in [2.75, 3.05) is 0 Å². The van der Waals surface area contributed by atoms with Gasteiger partial charge in [-0.05, 0) is 131 Å². The van der Waals surface area contributed by atoms with Crippen molar-refractivity contribution in [3.63, 3.8) is 0 Å². The molecule has 0 atom stereocenters. The predicted octanol–water partition coefficient (Wildman–Crippen LogP) is 29.5. The van der Waals surface area contributed by atoms with E-state index in [2.05, 4.69) is 315 Å². The van der Waals surface area contributed by atoms with Crippen LogP contribution in [0.25, 0.3) is 179 Å². The van der Waals surface area contributed by atoms with Crippen LogP contribution in [0.5, 0.6) is 0 Å². The highest BCUT2D eigenvalue weighted by molar-refractivity contribution is 7.99. The Hall–Kier alpha value is -16.0. The van der Waals surface area contributed by atoms with Crippen molar-refractivity contribution in [2.24, 2.45) is 0 Å². The maximum absolute atomic E-state index is 5.43. The molecule has 2 spiro atoms. The largest absolute Gasteiger partial charge is 0.247 e. The Morgan fingerprint density at radius 2 is 0.430 bits per heavy atom. The SMILES string of the molecule is c1ccc(-c2nc(-c3ccccc3)nc(-c3ccc(-c4ccc(-c5nc6ccccc6c6c7c(ccc56)C5(c6ccccc6Sc6ccccc65)c5ccccc5-7)cc4)cc3)n2)cc1.c1ccc(-c2nc(-c3ccccc3)nc(-c3cccc(-c4ccc(-c5nc6ccccc6c6c7c(ccc56)C5(c6ccccc6Sc6ccccc65)c5ccccc5-7)cc4)c3)n2)cc1. The molecule has 2 aliphatic carbocycles. The summed E-state index contributed by atoms with van der Waals surface area (Å²) in [6.07, 6.45) is 0. The Morgan fingerprint density at radius 1 is 0.164 bits per heavy atom. The number of aromatic nitrogens is 8. The second kappa shape index (κ2) is 30.5. The van der Waals surface area contributed by atoms with Crippen LogP contribution in [-0.4, -0.2) is 39.9 Å². The molecule has 0 bridgehead atoms. The van der Waals surface area contributed by atoms with Gasteiger partial charge in [-0.15, -0.1) is 0 Å². The van der Waals surface area contributed by atoms with Crippen molar-refractivity contribution in [3.05, 3.63) is 481 Å². The summed E-state index contributed by atoms with van der Waals surface area (Å²) in [6.45, 7) is 0. The lowest BCUT2D eigenvalue weighted by Crippen LogP contribution is -2.31. The second-order valence-electron chi connectivity index (χ2n) is 32.9. The van der Waals surface area contributed by atoms with E-state index in [1.165, 1.54) is 103 Å². The van der Waals surface area contributed by atoms with Crippen LogP contribution in [0, 0.1) is 0 Å². The molecule has 2 aliphatic heterocycles. The molecule has 10 heteroatoms. The molecule has 0 saturated heterocycles. The van der Waals surface area contributed by atoms with E-state index in [-0.39, 0.29) is 0 Å². The fourth-order valence-corrected chi connectivity index (χ4v) is 22.8. The topological polar surface area (TPSA) is 103 Å². The summed E-state index contributed by atoms with van der Waals surface area (Å²) in [7, 11) is 0. The van der Waals surface area contributed by atoms with Crippen molar-refractivity contribution < 1.29 is 0 Å². The van der Waals surface area contributed by atoms with Crippen LogP contribution < -0.4 is 0 Å². The van der Waals surface area contributed by atoms with Gasteiger partial charge in [-0.1, -0.05) is 418 Å². The summed E-state index contributed by atoms with van der Waals surface area (Å²) in [4.78, 5) is 45.7. The van der Waals surface area contributed by atoms with Crippen molar-refractivity contribution in [1.29, 1.82) is 0 Å². The van der Waals surface area contributed by atoms with Gasteiger partial charge in [0.15, 0.2) is 34.9 Å². The van der Waals surface area contributed by atoms with Crippen LogP contribution in [0.4, 0.5) is 0 Å². The van der Waals surface area contributed by atoms with Gasteiger partial charge in [0, 0.05) is 96.4 Å². The second-order valence-corrected chi connectivity index (χ2v) is 35.1. The first-order valence-corrected chi connectivity index (χ1v) is 44.9. The molecule has 22 aromatic rings. The molecule has 8 nitrogen and oxygen atoms in total. The molecule has 26 rings (SSSR count). The minimum Gasteiger partial charge on any atom is -0.247 e. The van der Waals surface area contributed by atoms with Gasteiger partial charge < -0.3 is 0 Å². The van der Waals surface area contributed by atoms with Gasteiger partial charge in [0.05, 0.1) is 33.3 Å². The van der Waals surface area contributed by atoms with E-state index in [4.69, 9.17) is 39.9 Å². The molecular formula is C118H72N8S2. The third-order valence-corrected chi connectivity index (χ3v) is 28.3. The normalized spacial score (nSPS) is 13.1.